The molecular formula is C18H16FNO4. The van der Waals surface area contributed by atoms with Crippen LogP contribution >= 0.6 is 0 Å². The summed E-state index contributed by atoms with van der Waals surface area (Å²) in [7, 11) is 0. The van der Waals surface area contributed by atoms with Crippen molar-refractivity contribution < 1.29 is 23.9 Å². The van der Waals surface area contributed by atoms with Gasteiger partial charge in [0.05, 0.1) is 0 Å². The van der Waals surface area contributed by atoms with Gasteiger partial charge in [0, 0.05) is 24.1 Å². The highest BCUT2D eigenvalue weighted by molar-refractivity contribution is 5.91. The number of hydrogen-bond donors (Lipinski definition) is 2. The van der Waals surface area contributed by atoms with Crippen LogP contribution in [0.5, 0.6) is 11.5 Å². The van der Waals surface area contributed by atoms with Gasteiger partial charge in [0.2, 0.25) is 0 Å². The van der Waals surface area contributed by atoms with E-state index in [2.05, 4.69) is 0 Å². The molecule has 0 aliphatic carbocycles. The minimum atomic E-state index is -0.705. The molecule has 0 atom stereocenters. The van der Waals surface area contributed by atoms with E-state index in [0.717, 1.165) is 11.6 Å². The lowest BCUT2D eigenvalue weighted by Gasteiger charge is -2.11. The molecule has 0 heterocycles. The monoisotopic (exact) mass is 329 g/mol. The molecule has 0 aliphatic heterocycles. The van der Waals surface area contributed by atoms with Crippen molar-refractivity contribution in [1.82, 2.24) is 5.48 Å². The molecule has 0 aliphatic rings. The lowest BCUT2D eigenvalue weighted by molar-refractivity contribution is -0.124. The van der Waals surface area contributed by atoms with Crippen molar-refractivity contribution in [2.24, 2.45) is 0 Å². The van der Waals surface area contributed by atoms with Gasteiger partial charge in [-0.2, -0.15) is 0 Å². The molecule has 0 unspecified atom stereocenters. The summed E-state index contributed by atoms with van der Waals surface area (Å²) in [6, 6.07) is 10.7. The first-order valence-electron chi connectivity index (χ1n) is 7.16. The zero-order valence-corrected chi connectivity index (χ0v) is 13.0. The van der Waals surface area contributed by atoms with Gasteiger partial charge in [0.25, 0.3) is 5.91 Å². The number of benzene rings is 2. The van der Waals surface area contributed by atoms with E-state index < -0.39 is 11.7 Å². The standard InChI is InChI=1S/C18H16FNO4/c1-12(21)9-13-5-7-17(14(10-13)6-8-18(22)20-23)24-16-4-2-3-15(19)11-16/h2-8,10-11,23H,9H2,1H3,(H,20,22)/b8-6+. The number of hydrogen-bond acceptors (Lipinski definition) is 4. The first-order valence-corrected chi connectivity index (χ1v) is 7.16. The maximum Gasteiger partial charge on any atom is 0.267 e. The Labute approximate surface area is 138 Å². The zero-order valence-electron chi connectivity index (χ0n) is 13.0. The normalized spacial score (nSPS) is 10.6. The number of rotatable bonds is 6. The highest BCUT2D eigenvalue weighted by Crippen LogP contribution is 2.28. The molecule has 0 bridgehead atoms. The molecule has 0 fully saturated rings. The van der Waals surface area contributed by atoms with E-state index in [1.54, 1.807) is 24.3 Å². The van der Waals surface area contributed by atoms with Crippen LogP contribution in [0.3, 0.4) is 0 Å². The van der Waals surface area contributed by atoms with E-state index in [0.29, 0.717) is 17.1 Å². The average molecular weight is 329 g/mol. The maximum absolute atomic E-state index is 13.3. The van der Waals surface area contributed by atoms with Gasteiger partial charge in [0.1, 0.15) is 23.1 Å². The van der Waals surface area contributed by atoms with Crippen LogP contribution in [0.2, 0.25) is 0 Å². The Morgan fingerprint density at radius 2 is 2.04 bits per heavy atom. The van der Waals surface area contributed by atoms with E-state index >= 15 is 0 Å². The van der Waals surface area contributed by atoms with E-state index in [9.17, 15) is 14.0 Å². The van der Waals surface area contributed by atoms with Crippen LogP contribution < -0.4 is 10.2 Å². The molecule has 1 amide bonds. The molecule has 2 N–H and O–H groups in total. The van der Waals surface area contributed by atoms with Crippen LogP contribution in [0.25, 0.3) is 6.08 Å². The quantitative estimate of drug-likeness (QED) is 0.484. The van der Waals surface area contributed by atoms with Gasteiger partial charge in [-0.15, -0.1) is 0 Å². The summed E-state index contributed by atoms with van der Waals surface area (Å²) in [6.45, 7) is 1.48. The fourth-order valence-electron chi connectivity index (χ4n) is 2.08. The van der Waals surface area contributed by atoms with Gasteiger partial charge in [0.15, 0.2) is 0 Å². The molecule has 2 aromatic rings. The average Bonchev–Trinajstić information content (AvgIpc) is 2.54. The van der Waals surface area contributed by atoms with Gasteiger partial charge in [-0.3, -0.25) is 14.8 Å². The molecule has 0 radical (unpaired) electrons. The van der Waals surface area contributed by atoms with Gasteiger partial charge in [-0.25, -0.2) is 9.87 Å². The molecule has 2 aromatic carbocycles. The van der Waals surface area contributed by atoms with Crippen molar-refractivity contribution in [3.05, 3.63) is 65.5 Å². The molecular weight excluding hydrogens is 313 g/mol. The van der Waals surface area contributed by atoms with Gasteiger partial charge >= 0.3 is 0 Å². The molecule has 5 nitrogen and oxygen atoms in total. The second kappa shape index (κ2) is 8.03. The Kier molecular flexibility index (Phi) is 5.81. The summed E-state index contributed by atoms with van der Waals surface area (Å²) in [4.78, 5) is 22.4. The Bertz CT molecular complexity index is 786. The number of amides is 1. The van der Waals surface area contributed by atoms with Crippen molar-refractivity contribution in [3.8, 4) is 11.5 Å². The topological polar surface area (TPSA) is 75.6 Å². The largest absolute Gasteiger partial charge is 0.457 e. The smallest absolute Gasteiger partial charge is 0.267 e. The second-order valence-corrected chi connectivity index (χ2v) is 5.12. The molecule has 0 aromatic heterocycles. The van der Waals surface area contributed by atoms with E-state index in [1.165, 1.54) is 36.7 Å². The van der Waals surface area contributed by atoms with Crippen molar-refractivity contribution >= 4 is 17.8 Å². The third-order valence-corrected chi connectivity index (χ3v) is 3.08. The van der Waals surface area contributed by atoms with Crippen LogP contribution in [0.1, 0.15) is 18.1 Å². The number of ether oxygens (including phenoxy) is 1. The minimum absolute atomic E-state index is 0.00294. The number of nitrogens with one attached hydrogen (secondary N) is 1. The Morgan fingerprint density at radius 3 is 2.71 bits per heavy atom. The molecule has 24 heavy (non-hydrogen) atoms. The highest BCUT2D eigenvalue weighted by atomic mass is 19.1. The fourth-order valence-corrected chi connectivity index (χ4v) is 2.08. The first kappa shape index (κ1) is 17.4. The van der Waals surface area contributed by atoms with Gasteiger partial charge < -0.3 is 4.74 Å². The van der Waals surface area contributed by atoms with Crippen LogP contribution in [-0.2, 0) is 16.0 Å². The number of ketones is 1. The van der Waals surface area contributed by atoms with Crippen LogP contribution in [0.4, 0.5) is 4.39 Å². The summed E-state index contributed by atoms with van der Waals surface area (Å²) < 4.78 is 18.9. The summed E-state index contributed by atoms with van der Waals surface area (Å²) in [5.41, 5.74) is 2.75. The zero-order chi connectivity index (χ0) is 17.5. The van der Waals surface area contributed by atoms with E-state index in [4.69, 9.17) is 9.94 Å². The molecule has 0 saturated heterocycles. The Morgan fingerprint density at radius 1 is 1.25 bits per heavy atom. The van der Waals surface area contributed by atoms with Crippen LogP contribution in [-0.4, -0.2) is 16.9 Å². The highest BCUT2D eigenvalue weighted by Gasteiger charge is 2.07. The van der Waals surface area contributed by atoms with Gasteiger partial charge in [-0.1, -0.05) is 12.1 Å². The lowest BCUT2D eigenvalue weighted by Crippen LogP contribution is -2.14. The molecule has 124 valence electrons. The second-order valence-electron chi connectivity index (χ2n) is 5.12. The lowest BCUT2D eigenvalue weighted by atomic mass is 10.0. The number of Topliss-reactive ketones (excluding diaryl/α,β-unsaturated/α-hetero) is 1. The van der Waals surface area contributed by atoms with Gasteiger partial charge in [-0.05, 0) is 42.8 Å². The third kappa shape index (κ3) is 5.03. The summed E-state index contributed by atoms with van der Waals surface area (Å²) in [5, 5.41) is 8.55. The van der Waals surface area contributed by atoms with E-state index in [-0.39, 0.29) is 12.2 Å². The predicted molar refractivity (Wildman–Crippen MR) is 86.3 cm³/mol. The number of hydroxylamine groups is 1. The molecule has 6 heteroatoms. The SMILES string of the molecule is CC(=O)Cc1ccc(Oc2cccc(F)c2)c(/C=C/C(=O)NO)c1. The Hall–Kier alpha value is -2.99. The predicted octanol–water partition coefficient (Wildman–Crippen LogP) is 3.27. The maximum atomic E-state index is 13.3. The number of carbonyl (C=O) groups excluding carboxylic acids is 2. The molecule has 2 rings (SSSR count). The third-order valence-electron chi connectivity index (χ3n) is 3.08. The summed E-state index contributed by atoms with van der Waals surface area (Å²) >= 11 is 0. The summed E-state index contributed by atoms with van der Waals surface area (Å²) in [5.74, 6) is -0.455. The molecule has 0 saturated carbocycles. The number of halogens is 1. The number of carbonyl (C=O) groups is 2. The molecule has 0 spiro atoms. The summed E-state index contributed by atoms with van der Waals surface area (Å²) in [6.07, 6.45) is 2.79. The minimum Gasteiger partial charge on any atom is -0.457 e. The van der Waals surface area contributed by atoms with Crippen molar-refractivity contribution in [2.75, 3.05) is 0 Å². The van der Waals surface area contributed by atoms with E-state index in [1.807, 2.05) is 0 Å². The van der Waals surface area contributed by atoms with Crippen molar-refractivity contribution in [1.29, 1.82) is 0 Å². The fraction of sp³-hybridized carbons (Fsp3) is 0.111. The van der Waals surface area contributed by atoms with Crippen molar-refractivity contribution in [3.63, 3.8) is 0 Å². The van der Waals surface area contributed by atoms with Crippen LogP contribution in [0.15, 0.2) is 48.5 Å². The van der Waals surface area contributed by atoms with Crippen molar-refractivity contribution in [2.45, 2.75) is 13.3 Å². The Balaban J connectivity index is 2.35. The first-order chi connectivity index (χ1) is 11.5. The van der Waals surface area contributed by atoms with Crippen LogP contribution in [0, 0.1) is 5.82 Å².